The Morgan fingerprint density at radius 3 is 1.93 bits per heavy atom. The van der Waals surface area contributed by atoms with Crippen molar-refractivity contribution in [3.8, 4) is 5.75 Å². The Hall–Kier alpha value is -1.48. The van der Waals surface area contributed by atoms with E-state index in [2.05, 4.69) is 0 Å². The highest BCUT2D eigenvalue weighted by Crippen LogP contribution is 2.55. The van der Waals surface area contributed by atoms with Crippen LogP contribution in [0, 0.1) is 5.41 Å². The normalized spacial score (nSPS) is 13.7. The van der Waals surface area contributed by atoms with E-state index in [9.17, 15) is 14.5 Å². The molecule has 1 aromatic rings. The van der Waals surface area contributed by atoms with Crippen LogP contribution < -0.4 is 4.74 Å². The van der Waals surface area contributed by atoms with Crippen LogP contribution in [0.15, 0.2) is 24.3 Å². The number of ether oxygens (including phenoxy) is 1. The van der Waals surface area contributed by atoms with Gasteiger partial charge in [-0.05, 0) is 23.1 Å². The average Bonchev–Trinajstić information content (AvgIpc) is 2.56. The van der Waals surface area contributed by atoms with Gasteiger partial charge in [0.05, 0.1) is 20.3 Å². The van der Waals surface area contributed by atoms with Gasteiger partial charge in [-0.25, -0.2) is 4.79 Å². The maximum Gasteiger partial charge on any atom is 0.407 e. The number of nitrogens with zero attached hydrogens (tertiary/aromatic N) is 1. The SMILES string of the molecule is COc1ccc(C(N(CCP(=O)(C(C)C)C(C)C)C(=O)O)C(C)(C)C)cc1. The number of benzene rings is 1. The van der Waals surface area contributed by atoms with Crippen molar-refractivity contribution in [2.45, 2.75) is 65.8 Å². The average molecular weight is 397 g/mol. The summed E-state index contributed by atoms with van der Waals surface area (Å²) in [4.78, 5) is 13.6. The zero-order valence-electron chi connectivity index (χ0n) is 18.0. The molecule has 27 heavy (non-hydrogen) atoms. The summed E-state index contributed by atoms with van der Waals surface area (Å²) in [5, 5.41) is 9.95. The topological polar surface area (TPSA) is 66.8 Å². The highest BCUT2D eigenvalue weighted by atomic mass is 31.2. The van der Waals surface area contributed by atoms with E-state index >= 15 is 0 Å². The molecular formula is C21H36NO4P. The quantitative estimate of drug-likeness (QED) is 0.551. The van der Waals surface area contributed by atoms with Crippen LogP contribution in [0.1, 0.15) is 60.1 Å². The molecule has 1 N–H and O–H groups in total. The first-order valence-electron chi connectivity index (χ1n) is 9.56. The summed E-state index contributed by atoms with van der Waals surface area (Å²) in [7, 11) is -0.872. The Morgan fingerprint density at radius 1 is 1.11 bits per heavy atom. The van der Waals surface area contributed by atoms with E-state index < -0.39 is 13.2 Å². The number of rotatable bonds is 8. The number of methoxy groups -OCH3 is 1. The molecule has 0 radical (unpaired) electrons. The molecule has 0 fully saturated rings. The van der Waals surface area contributed by atoms with Gasteiger partial charge in [0.25, 0.3) is 0 Å². The van der Waals surface area contributed by atoms with Crippen molar-refractivity contribution in [3.63, 3.8) is 0 Å². The molecular weight excluding hydrogens is 361 g/mol. The zero-order chi connectivity index (χ0) is 21.0. The molecule has 6 heteroatoms. The fourth-order valence-corrected chi connectivity index (χ4v) is 6.40. The largest absolute Gasteiger partial charge is 0.497 e. The van der Waals surface area contributed by atoms with Gasteiger partial charge in [-0.1, -0.05) is 60.6 Å². The van der Waals surface area contributed by atoms with Crippen molar-refractivity contribution in [2.24, 2.45) is 5.41 Å². The first-order chi connectivity index (χ1) is 12.3. The minimum atomic E-state index is -2.48. The van der Waals surface area contributed by atoms with Crippen molar-refractivity contribution in [1.82, 2.24) is 4.90 Å². The van der Waals surface area contributed by atoms with Crippen molar-refractivity contribution < 1.29 is 19.2 Å². The van der Waals surface area contributed by atoms with Crippen LogP contribution in [0.3, 0.4) is 0 Å². The van der Waals surface area contributed by atoms with E-state index in [4.69, 9.17) is 4.74 Å². The number of carbonyl (C=O) groups is 1. The van der Waals surface area contributed by atoms with Crippen molar-refractivity contribution in [2.75, 3.05) is 19.8 Å². The molecule has 5 nitrogen and oxygen atoms in total. The molecule has 0 spiro atoms. The van der Waals surface area contributed by atoms with Crippen LogP contribution in [-0.2, 0) is 4.57 Å². The van der Waals surface area contributed by atoms with E-state index in [0.717, 1.165) is 11.3 Å². The standard InChI is InChI=1S/C21H36NO4P/c1-15(2)27(25,16(3)4)14-13-22(20(23)24)19(21(5,6)7)17-9-11-18(26-8)12-10-17/h9-12,15-16,19H,13-14H2,1-8H3,(H,23,24). The summed E-state index contributed by atoms with van der Waals surface area (Å²) >= 11 is 0. The number of carboxylic acid groups (broad SMARTS) is 1. The molecule has 1 amide bonds. The smallest absolute Gasteiger partial charge is 0.407 e. The second-order valence-corrected chi connectivity index (χ2v) is 13.0. The molecule has 0 heterocycles. The van der Waals surface area contributed by atoms with Crippen molar-refractivity contribution in [1.29, 1.82) is 0 Å². The molecule has 154 valence electrons. The molecule has 1 aromatic carbocycles. The minimum Gasteiger partial charge on any atom is -0.497 e. The Labute approximate surface area is 164 Å². The van der Waals surface area contributed by atoms with Gasteiger partial charge < -0.3 is 19.3 Å². The van der Waals surface area contributed by atoms with E-state index in [-0.39, 0.29) is 29.3 Å². The molecule has 1 rings (SSSR count). The molecule has 0 saturated heterocycles. The highest BCUT2D eigenvalue weighted by Gasteiger charge is 2.37. The molecule has 0 aliphatic heterocycles. The Bertz CT molecular complexity index is 650. The number of amides is 1. The Morgan fingerprint density at radius 2 is 1.59 bits per heavy atom. The van der Waals surface area contributed by atoms with Crippen molar-refractivity contribution in [3.05, 3.63) is 29.8 Å². The molecule has 0 bridgehead atoms. The van der Waals surface area contributed by atoms with Gasteiger partial charge in [-0.3, -0.25) is 0 Å². The molecule has 0 aliphatic rings. The van der Waals surface area contributed by atoms with Crippen LogP contribution in [0.5, 0.6) is 5.75 Å². The summed E-state index contributed by atoms with van der Waals surface area (Å²) < 4.78 is 18.6. The third kappa shape index (κ3) is 5.75. The minimum absolute atomic E-state index is 0.0437. The van der Waals surface area contributed by atoms with Crippen LogP contribution in [0.4, 0.5) is 4.79 Å². The Balaban J connectivity index is 3.25. The predicted molar refractivity (Wildman–Crippen MR) is 113 cm³/mol. The first kappa shape index (κ1) is 23.6. The molecule has 0 aliphatic carbocycles. The van der Waals surface area contributed by atoms with Crippen molar-refractivity contribution >= 4 is 13.2 Å². The monoisotopic (exact) mass is 397 g/mol. The van der Waals surface area contributed by atoms with Gasteiger partial charge in [0, 0.05) is 24.0 Å². The lowest BCUT2D eigenvalue weighted by atomic mass is 9.81. The lowest BCUT2D eigenvalue weighted by Gasteiger charge is -2.40. The summed E-state index contributed by atoms with van der Waals surface area (Å²) in [6.45, 7) is 14.2. The van der Waals surface area contributed by atoms with Crippen LogP contribution in [0.25, 0.3) is 0 Å². The third-order valence-corrected chi connectivity index (χ3v) is 9.64. The second kappa shape index (κ2) is 9.14. The summed E-state index contributed by atoms with van der Waals surface area (Å²) in [5.74, 6) is 0.734. The van der Waals surface area contributed by atoms with E-state index in [0.29, 0.717) is 6.16 Å². The summed E-state index contributed by atoms with van der Waals surface area (Å²) in [6, 6.07) is 7.18. The van der Waals surface area contributed by atoms with Gasteiger partial charge >= 0.3 is 6.09 Å². The van der Waals surface area contributed by atoms with Gasteiger partial charge in [-0.15, -0.1) is 0 Å². The highest BCUT2D eigenvalue weighted by molar-refractivity contribution is 7.65. The van der Waals surface area contributed by atoms with Crippen LogP contribution in [-0.4, -0.2) is 47.2 Å². The first-order valence-corrected chi connectivity index (χ1v) is 11.6. The van der Waals surface area contributed by atoms with Gasteiger partial charge in [-0.2, -0.15) is 0 Å². The fourth-order valence-electron chi connectivity index (χ4n) is 3.65. The van der Waals surface area contributed by atoms with E-state index in [1.807, 2.05) is 72.7 Å². The molecule has 1 atom stereocenters. The predicted octanol–water partition coefficient (Wildman–Crippen LogP) is 5.94. The summed E-state index contributed by atoms with van der Waals surface area (Å²) in [5.41, 5.74) is 0.686. The van der Waals surface area contributed by atoms with Gasteiger partial charge in [0.2, 0.25) is 0 Å². The van der Waals surface area contributed by atoms with Gasteiger partial charge in [0.15, 0.2) is 0 Å². The van der Waals surface area contributed by atoms with E-state index in [1.165, 1.54) is 4.90 Å². The van der Waals surface area contributed by atoms with Gasteiger partial charge in [0.1, 0.15) is 5.75 Å². The number of hydrogen-bond acceptors (Lipinski definition) is 3. The number of hydrogen-bond donors (Lipinski definition) is 1. The maximum atomic E-state index is 13.4. The summed E-state index contributed by atoms with van der Waals surface area (Å²) in [6.07, 6.45) is -0.581. The maximum absolute atomic E-state index is 13.4. The lowest BCUT2D eigenvalue weighted by molar-refractivity contribution is 0.0856. The van der Waals surface area contributed by atoms with E-state index in [1.54, 1.807) is 7.11 Å². The zero-order valence-corrected chi connectivity index (χ0v) is 18.9. The Kier molecular flexibility index (Phi) is 7.98. The lowest BCUT2D eigenvalue weighted by Crippen LogP contribution is -2.42. The fraction of sp³-hybridized carbons (Fsp3) is 0.667. The molecule has 1 unspecified atom stereocenters. The molecule has 0 saturated carbocycles. The van der Waals surface area contributed by atoms with Crippen LogP contribution in [0.2, 0.25) is 0 Å². The molecule has 0 aromatic heterocycles. The second-order valence-electron chi connectivity index (χ2n) is 8.78. The van der Waals surface area contributed by atoms with Crippen LogP contribution >= 0.6 is 7.14 Å². The third-order valence-electron chi connectivity index (χ3n) is 5.25.